The molecule has 0 bridgehead atoms. The number of carbonyl (C=O) groups is 2. The molecular formula is C18H10N2O4S3. The number of amides is 2. The number of thiocarbonyl (C=S) groups is 1. The molecular weight excluding hydrogens is 404 g/mol. The Morgan fingerprint density at radius 1 is 1.19 bits per heavy atom. The molecule has 2 amide bonds. The lowest BCUT2D eigenvalue weighted by atomic mass is 10.1. The van der Waals surface area contributed by atoms with Gasteiger partial charge in [0.25, 0.3) is 11.8 Å². The van der Waals surface area contributed by atoms with Gasteiger partial charge in [-0.25, -0.2) is 0 Å². The third-order valence-electron chi connectivity index (χ3n) is 3.75. The van der Waals surface area contributed by atoms with Crippen molar-refractivity contribution in [2.24, 2.45) is 0 Å². The van der Waals surface area contributed by atoms with Crippen LogP contribution in [0.3, 0.4) is 0 Å². The molecule has 0 saturated carbocycles. The first-order chi connectivity index (χ1) is 13.0. The smallest absolute Gasteiger partial charge is 0.285 e. The fraction of sp³-hybridized carbons (Fsp3) is 0. The maximum atomic E-state index is 12.6. The van der Waals surface area contributed by atoms with Crippen LogP contribution < -0.4 is 10.9 Å². The van der Waals surface area contributed by atoms with Gasteiger partial charge < -0.3 is 4.42 Å². The monoisotopic (exact) mass is 414 g/mol. The van der Waals surface area contributed by atoms with Crippen LogP contribution in [0.15, 0.2) is 62.2 Å². The maximum absolute atomic E-state index is 12.6. The third-order valence-corrected chi connectivity index (χ3v) is 5.92. The van der Waals surface area contributed by atoms with Gasteiger partial charge in [0, 0.05) is 0 Å². The van der Waals surface area contributed by atoms with Crippen LogP contribution in [0.2, 0.25) is 0 Å². The van der Waals surface area contributed by atoms with E-state index < -0.39 is 11.8 Å². The minimum atomic E-state index is -0.498. The highest BCUT2D eigenvalue weighted by molar-refractivity contribution is 8.26. The number of nitrogens with one attached hydrogen (secondary N) is 1. The summed E-state index contributed by atoms with van der Waals surface area (Å²) in [6, 6.07) is 10.2. The maximum Gasteiger partial charge on any atom is 0.285 e. The van der Waals surface area contributed by atoms with Gasteiger partial charge in [-0.15, -0.1) is 11.3 Å². The Labute approximate surface area is 166 Å². The van der Waals surface area contributed by atoms with Crippen LogP contribution >= 0.6 is 35.3 Å². The summed E-state index contributed by atoms with van der Waals surface area (Å²) in [4.78, 5) is 38.0. The Morgan fingerprint density at radius 2 is 2.00 bits per heavy atom. The van der Waals surface area contributed by atoms with Gasteiger partial charge in [-0.3, -0.25) is 19.8 Å². The molecule has 0 atom stereocenters. The van der Waals surface area contributed by atoms with Crippen LogP contribution in [0.25, 0.3) is 17.0 Å². The third kappa shape index (κ3) is 3.32. The number of benzene rings is 1. The highest BCUT2D eigenvalue weighted by Gasteiger charge is 2.34. The molecule has 0 aliphatic carbocycles. The molecule has 1 saturated heterocycles. The van der Waals surface area contributed by atoms with Gasteiger partial charge in [0.2, 0.25) is 0 Å². The SMILES string of the molecule is O=C(NN1C(=O)/C(=C/c2coc3ccccc3c2=O)SC1=S)c1cccs1. The predicted molar refractivity (Wildman–Crippen MR) is 109 cm³/mol. The number of carbonyl (C=O) groups excluding carboxylic acids is 2. The molecule has 1 N–H and O–H groups in total. The summed E-state index contributed by atoms with van der Waals surface area (Å²) in [6.45, 7) is 0. The molecule has 27 heavy (non-hydrogen) atoms. The molecule has 134 valence electrons. The molecule has 6 nitrogen and oxygen atoms in total. The van der Waals surface area contributed by atoms with Crippen LogP contribution in [0.5, 0.6) is 0 Å². The topological polar surface area (TPSA) is 79.6 Å². The summed E-state index contributed by atoms with van der Waals surface area (Å²) in [5.74, 6) is -0.921. The van der Waals surface area contributed by atoms with E-state index in [-0.39, 0.29) is 20.2 Å². The van der Waals surface area contributed by atoms with Crippen molar-refractivity contribution in [3.05, 3.63) is 73.6 Å². The van der Waals surface area contributed by atoms with E-state index in [4.69, 9.17) is 16.6 Å². The van der Waals surface area contributed by atoms with Crippen LogP contribution in [-0.4, -0.2) is 21.1 Å². The van der Waals surface area contributed by atoms with Crippen LogP contribution in [0, 0.1) is 0 Å². The molecule has 0 unspecified atom stereocenters. The van der Waals surface area contributed by atoms with Gasteiger partial charge >= 0.3 is 0 Å². The number of fused-ring (bicyclic) bond motifs is 1. The number of rotatable bonds is 3. The second kappa shape index (κ2) is 7.10. The lowest BCUT2D eigenvalue weighted by molar-refractivity contribution is -0.123. The average Bonchev–Trinajstić information content (AvgIpc) is 3.29. The van der Waals surface area contributed by atoms with Gasteiger partial charge in [0.15, 0.2) is 9.75 Å². The van der Waals surface area contributed by atoms with E-state index in [1.54, 1.807) is 41.8 Å². The van der Waals surface area contributed by atoms with Crippen LogP contribution in [-0.2, 0) is 4.79 Å². The van der Waals surface area contributed by atoms with Crippen molar-refractivity contribution in [3.8, 4) is 0 Å². The number of hydrogen-bond donors (Lipinski definition) is 1. The van der Waals surface area contributed by atoms with Gasteiger partial charge in [-0.05, 0) is 41.9 Å². The minimum Gasteiger partial charge on any atom is -0.463 e. The van der Waals surface area contributed by atoms with Crippen molar-refractivity contribution in [1.29, 1.82) is 0 Å². The molecule has 1 aliphatic rings. The molecule has 1 aromatic carbocycles. The normalized spacial score (nSPS) is 15.7. The summed E-state index contributed by atoms with van der Waals surface area (Å²) >= 11 is 7.44. The Balaban J connectivity index is 1.63. The van der Waals surface area contributed by atoms with Crippen molar-refractivity contribution in [3.63, 3.8) is 0 Å². The molecule has 1 aliphatic heterocycles. The van der Waals surface area contributed by atoms with E-state index in [0.717, 1.165) is 16.8 Å². The molecule has 4 rings (SSSR count). The number of thioether (sulfide) groups is 1. The van der Waals surface area contributed by atoms with Gasteiger partial charge in [0.1, 0.15) is 11.8 Å². The molecule has 0 radical (unpaired) electrons. The van der Waals surface area contributed by atoms with Crippen molar-refractivity contribution in [2.75, 3.05) is 0 Å². The average molecular weight is 414 g/mol. The summed E-state index contributed by atoms with van der Waals surface area (Å²) < 4.78 is 5.64. The van der Waals surface area contributed by atoms with Gasteiger partial charge in [0.05, 0.1) is 20.7 Å². The standard InChI is InChI=1S/C18H10N2O4S3/c21-15-10(9-24-12-5-2-1-4-11(12)15)8-14-17(23)20(18(25)27-14)19-16(22)13-6-3-7-26-13/h1-9H,(H,19,22)/b14-8-. The second-order valence-electron chi connectivity index (χ2n) is 5.45. The van der Waals surface area contributed by atoms with Crippen LogP contribution in [0.1, 0.15) is 15.2 Å². The highest BCUT2D eigenvalue weighted by Crippen LogP contribution is 2.31. The summed E-state index contributed by atoms with van der Waals surface area (Å²) in [5.41, 5.74) is 2.95. The second-order valence-corrected chi connectivity index (χ2v) is 8.08. The first-order valence-corrected chi connectivity index (χ1v) is 9.78. The van der Waals surface area contributed by atoms with E-state index in [2.05, 4.69) is 5.43 Å². The van der Waals surface area contributed by atoms with Crippen molar-refractivity contribution in [2.45, 2.75) is 0 Å². The van der Waals surface area contributed by atoms with Crippen molar-refractivity contribution in [1.82, 2.24) is 10.4 Å². The summed E-state index contributed by atoms with van der Waals surface area (Å²) in [5, 5.41) is 3.20. The zero-order valence-corrected chi connectivity index (χ0v) is 16.0. The fourth-order valence-electron chi connectivity index (χ4n) is 2.46. The van der Waals surface area contributed by atoms with E-state index in [1.165, 1.54) is 23.7 Å². The lowest BCUT2D eigenvalue weighted by Gasteiger charge is -2.14. The number of hydrogen-bond acceptors (Lipinski definition) is 7. The van der Waals surface area contributed by atoms with Crippen LogP contribution in [0.4, 0.5) is 0 Å². The van der Waals surface area contributed by atoms with Gasteiger partial charge in [-0.1, -0.05) is 30.0 Å². The molecule has 9 heteroatoms. The van der Waals surface area contributed by atoms with E-state index in [9.17, 15) is 14.4 Å². The number of nitrogens with zero attached hydrogens (tertiary/aromatic N) is 1. The predicted octanol–water partition coefficient (Wildman–Crippen LogP) is 3.40. The Kier molecular flexibility index (Phi) is 4.65. The first-order valence-electron chi connectivity index (χ1n) is 7.67. The quantitative estimate of drug-likeness (QED) is 0.523. The largest absolute Gasteiger partial charge is 0.463 e. The lowest BCUT2D eigenvalue weighted by Crippen LogP contribution is -2.44. The first kappa shape index (κ1) is 17.7. The van der Waals surface area contributed by atoms with Gasteiger partial charge in [-0.2, -0.15) is 5.01 Å². The summed E-state index contributed by atoms with van der Waals surface area (Å²) in [6.07, 6.45) is 2.73. The minimum absolute atomic E-state index is 0.182. The molecule has 3 aromatic rings. The van der Waals surface area contributed by atoms with Crippen molar-refractivity contribution < 1.29 is 14.0 Å². The molecule has 3 heterocycles. The Bertz CT molecular complexity index is 1160. The highest BCUT2D eigenvalue weighted by atomic mass is 32.2. The molecule has 1 fully saturated rings. The van der Waals surface area contributed by atoms with E-state index >= 15 is 0 Å². The number of para-hydroxylation sites is 1. The summed E-state index contributed by atoms with van der Waals surface area (Å²) in [7, 11) is 0. The number of hydrazine groups is 1. The van der Waals surface area contributed by atoms with E-state index in [1.807, 2.05) is 0 Å². The zero-order valence-electron chi connectivity index (χ0n) is 13.5. The Morgan fingerprint density at radius 3 is 2.78 bits per heavy atom. The number of thiophene rings is 1. The fourth-order valence-corrected chi connectivity index (χ4v) is 4.25. The molecule has 2 aromatic heterocycles. The Hall–Kier alpha value is -2.75. The van der Waals surface area contributed by atoms with E-state index in [0.29, 0.717) is 15.8 Å². The zero-order chi connectivity index (χ0) is 19.0. The van der Waals surface area contributed by atoms with Crippen molar-refractivity contribution >= 4 is 68.5 Å². The molecule has 0 spiro atoms.